The van der Waals surface area contributed by atoms with Crippen LogP contribution in [0.1, 0.15) is 32.1 Å². The Bertz CT molecular complexity index is 638. The Morgan fingerprint density at radius 1 is 1.52 bits per heavy atom. The first-order chi connectivity index (χ1) is 11.2. The van der Waals surface area contributed by atoms with Crippen molar-refractivity contribution in [2.24, 2.45) is 11.7 Å². The number of hydrogen-bond donors (Lipinski definition) is 1. The predicted octanol–water partition coefficient (Wildman–Crippen LogP) is 1.85. The second-order valence-corrected chi connectivity index (χ2v) is 6.10. The molecule has 2 N–H and O–H groups in total. The number of nitrogens with two attached hydrogens (primary N) is 1. The molecule has 2 atom stereocenters. The fraction of sp³-hybridized carbons (Fsp3) is 0.562. The van der Waals surface area contributed by atoms with Gasteiger partial charge in [0.2, 0.25) is 17.6 Å². The molecule has 0 radical (unpaired) electrons. The minimum absolute atomic E-state index is 0.102. The third kappa shape index (κ3) is 3.61. The van der Waals surface area contributed by atoms with Gasteiger partial charge >= 0.3 is 0 Å². The van der Waals surface area contributed by atoms with Gasteiger partial charge in [0.05, 0.1) is 6.26 Å². The maximum absolute atomic E-state index is 12.4. The van der Waals surface area contributed by atoms with Crippen molar-refractivity contribution < 1.29 is 13.7 Å². The molecule has 7 nitrogen and oxygen atoms in total. The Morgan fingerprint density at radius 2 is 2.39 bits per heavy atom. The molecule has 3 rings (SSSR count). The van der Waals surface area contributed by atoms with Crippen molar-refractivity contribution in [1.82, 2.24) is 15.0 Å². The number of rotatable bonds is 5. The Balaban J connectivity index is 1.56. The summed E-state index contributed by atoms with van der Waals surface area (Å²) >= 11 is 0. The van der Waals surface area contributed by atoms with E-state index in [0.29, 0.717) is 42.8 Å². The molecule has 0 aliphatic carbocycles. The van der Waals surface area contributed by atoms with E-state index in [1.807, 2.05) is 4.90 Å². The molecular weight excluding hydrogens is 296 g/mol. The topological polar surface area (TPSA) is 98.4 Å². The first-order valence-electron chi connectivity index (χ1n) is 8.03. The van der Waals surface area contributed by atoms with Crippen molar-refractivity contribution in [3.05, 3.63) is 24.3 Å². The summed E-state index contributed by atoms with van der Waals surface area (Å²) in [5, 5.41) is 3.87. The maximum atomic E-state index is 12.4. The summed E-state index contributed by atoms with van der Waals surface area (Å²) in [7, 11) is 0. The molecule has 3 heterocycles. The second kappa shape index (κ2) is 6.95. The van der Waals surface area contributed by atoms with Gasteiger partial charge in [0.15, 0.2) is 5.76 Å². The maximum Gasteiger partial charge on any atom is 0.238 e. The van der Waals surface area contributed by atoms with Crippen LogP contribution in [0.5, 0.6) is 0 Å². The van der Waals surface area contributed by atoms with Crippen LogP contribution in [0, 0.1) is 5.92 Å². The van der Waals surface area contributed by atoms with Crippen LogP contribution in [0.3, 0.4) is 0 Å². The molecule has 1 saturated heterocycles. The van der Waals surface area contributed by atoms with Crippen LogP contribution >= 0.6 is 0 Å². The smallest absolute Gasteiger partial charge is 0.238 e. The summed E-state index contributed by atoms with van der Waals surface area (Å²) in [6.07, 6.45) is 4.34. The van der Waals surface area contributed by atoms with Crippen LogP contribution in [-0.4, -0.2) is 40.1 Å². The van der Waals surface area contributed by atoms with Crippen LogP contribution < -0.4 is 5.73 Å². The van der Waals surface area contributed by atoms with E-state index < -0.39 is 0 Å². The highest BCUT2D eigenvalue weighted by molar-refractivity contribution is 5.76. The van der Waals surface area contributed by atoms with Crippen LogP contribution in [0.2, 0.25) is 0 Å². The number of furan rings is 1. The van der Waals surface area contributed by atoms with Crippen molar-refractivity contribution in [3.8, 4) is 11.6 Å². The van der Waals surface area contributed by atoms with Crippen LogP contribution in [0.15, 0.2) is 27.3 Å². The average Bonchev–Trinajstić information content (AvgIpc) is 3.23. The largest absolute Gasteiger partial charge is 0.461 e. The number of piperidine rings is 1. The second-order valence-electron chi connectivity index (χ2n) is 6.10. The lowest BCUT2D eigenvalue weighted by Crippen LogP contribution is -2.49. The quantitative estimate of drug-likeness (QED) is 0.903. The zero-order chi connectivity index (χ0) is 16.2. The Labute approximate surface area is 134 Å². The van der Waals surface area contributed by atoms with Crippen LogP contribution in [0.25, 0.3) is 11.6 Å². The van der Waals surface area contributed by atoms with Gasteiger partial charge in [-0.15, -0.1) is 0 Å². The molecule has 0 aromatic carbocycles. The fourth-order valence-corrected chi connectivity index (χ4v) is 3.02. The Kier molecular flexibility index (Phi) is 4.76. The lowest BCUT2D eigenvalue weighted by atomic mass is 9.92. The zero-order valence-electron chi connectivity index (χ0n) is 13.3. The molecule has 23 heavy (non-hydrogen) atoms. The monoisotopic (exact) mass is 318 g/mol. The molecule has 2 unspecified atom stereocenters. The minimum atomic E-state index is 0.102. The molecule has 1 aliphatic rings. The number of amides is 1. The van der Waals surface area contributed by atoms with E-state index in [9.17, 15) is 4.79 Å². The predicted molar refractivity (Wildman–Crippen MR) is 83.3 cm³/mol. The van der Waals surface area contributed by atoms with E-state index in [-0.39, 0.29) is 11.9 Å². The van der Waals surface area contributed by atoms with Crippen LogP contribution in [-0.2, 0) is 11.2 Å². The first-order valence-corrected chi connectivity index (χ1v) is 8.03. The number of likely N-dealkylation sites (tertiary alicyclic amines) is 1. The summed E-state index contributed by atoms with van der Waals surface area (Å²) < 4.78 is 10.4. The lowest BCUT2D eigenvalue weighted by Gasteiger charge is -2.38. The van der Waals surface area contributed by atoms with E-state index in [4.69, 9.17) is 14.7 Å². The number of carbonyl (C=O) groups excluding carboxylic acids is 1. The van der Waals surface area contributed by atoms with Gasteiger partial charge in [-0.25, -0.2) is 0 Å². The summed E-state index contributed by atoms with van der Waals surface area (Å²) in [5.41, 5.74) is 5.81. The van der Waals surface area contributed by atoms with Crippen molar-refractivity contribution in [3.63, 3.8) is 0 Å². The molecule has 124 valence electrons. The average molecular weight is 318 g/mol. The van der Waals surface area contributed by atoms with Gasteiger partial charge in [-0.1, -0.05) is 12.1 Å². The van der Waals surface area contributed by atoms with Crippen molar-refractivity contribution in [1.29, 1.82) is 0 Å². The number of carbonyl (C=O) groups is 1. The normalized spacial score (nSPS) is 21.6. The van der Waals surface area contributed by atoms with E-state index in [0.717, 1.165) is 19.4 Å². The van der Waals surface area contributed by atoms with Crippen molar-refractivity contribution >= 4 is 5.91 Å². The molecule has 1 fully saturated rings. The van der Waals surface area contributed by atoms with Gasteiger partial charge < -0.3 is 19.6 Å². The number of nitrogens with zero attached hydrogens (tertiary/aromatic N) is 3. The third-order valence-electron chi connectivity index (χ3n) is 4.33. The highest BCUT2D eigenvalue weighted by Crippen LogP contribution is 2.23. The highest BCUT2D eigenvalue weighted by Gasteiger charge is 2.28. The summed E-state index contributed by atoms with van der Waals surface area (Å²) in [5.74, 6) is 2.13. The van der Waals surface area contributed by atoms with E-state index in [1.54, 1.807) is 18.4 Å². The molecule has 2 aromatic heterocycles. The highest BCUT2D eigenvalue weighted by atomic mass is 16.5. The molecule has 0 spiro atoms. The standard InChI is InChI=1S/C16H22N4O3/c1-11-6-7-20(12(9-11)10-17)15(21)5-4-14-18-16(19-23-14)13-3-2-8-22-13/h2-3,8,11-12H,4-7,9-10,17H2,1H3. The van der Waals surface area contributed by atoms with Gasteiger partial charge in [-0.2, -0.15) is 4.98 Å². The summed E-state index contributed by atoms with van der Waals surface area (Å²) in [6.45, 7) is 3.50. The summed E-state index contributed by atoms with van der Waals surface area (Å²) in [6, 6.07) is 3.67. The zero-order valence-corrected chi connectivity index (χ0v) is 13.3. The molecule has 7 heteroatoms. The minimum Gasteiger partial charge on any atom is -0.461 e. The van der Waals surface area contributed by atoms with Crippen molar-refractivity contribution in [2.75, 3.05) is 13.1 Å². The van der Waals surface area contributed by atoms with E-state index in [1.165, 1.54) is 0 Å². The SMILES string of the molecule is CC1CCN(C(=O)CCc2nc(-c3ccco3)no2)C(CN)C1. The Hall–Kier alpha value is -2.15. The first kappa shape index (κ1) is 15.7. The molecule has 1 amide bonds. The third-order valence-corrected chi connectivity index (χ3v) is 4.33. The number of aromatic nitrogens is 2. The number of aryl methyl sites for hydroxylation is 1. The molecule has 2 aromatic rings. The molecule has 0 bridgehead atoms. The van der Waals surface area contributed by atoms with Gasteiger partial charge in [-0.3, -0.25) is 4.79 Å². The lowest BCUT2D eigenvalue weighted by molar-refractivity contribution is -0.135. The molecule has 0 saturated carbocycles. The fourth-order valence-electron chi connectivity index (χ4n) is 3.02. The van der Waals surface area contributed by atoms with E-state index >= 15 is 0 Å². The van der Waals surface area contributed by atoms with Gasteiger partial charge in [0.25, 0.3) is 0 Å². The van der Waals surface area contributed by atoms with E-state index in [2.05, 4.69) is 17.1 Å². The molecule has 1 aliphatic heterocycles. The summed E-state index contributed by atoms with van der Waals surface area (Å²) in [4.78, 5) is 18.6. The van der Waals surface area contributed by atoms with Gasteiger partial charge in [0, 0.05) is 32.0 Å². The van der Waals surface area contributed by atoms with Crippen molar-refractivity contribution in [2.45, 2.75) is 38.6 Å². The van der Waals surface area contributed by atoms with Crippen LogP contribution in [0.4, 0.5) is 0 Å². The number of hydrogen-bond acceptors (Lipinski definition) is 6. The Morgan fingerprint density at radius 3 is 3.13 bits per heavy atom. The molecular formula is C16H22N4O3. The van der Waals surface area contributed by atoms with Gasteiger partial charge in [0.1, 0.15) is 0 Å². The van der Waals surface area contributed by atoms with Gasteiger partial charge in [-0.05, 0) is 30.9 Å².